The number of amides is 3. The number of thiophene rings is 1. The Labute approximate surface area is 185 Å². The summed E-state index contributed by atoms with van der Waals surface area (Å²) in [5.74, 6) is -0.322. The third kappa shape index (κ3) is 4.96. The van der Waals surface area contributed by atoms with Crippen LogP contribution in [0.25, 0.3) is 0 Å². The second-order valence-corrected chi connectivity index (χ2v) is 8.76. The molecule has 3 amide bonds. The fourth-order valence-electron chi connectivity index (χ4n) is 3.96. The Morgan fingerprint density at radius 1 is 1.16 bits per heavy atom. The highest BCUT2D eigenvalue weighted by Gasteiger charge is 2.31. The van der Waals surface area contributed by atoms with Crippen molar-refractivity contribution in [2.24, 2.45) is 7.05 Å². The highest BCUT2D eigenvalue weighted by molar-refractivity contribution is 7.09. The van der Waals surface area contributed by atoms with Gasteiger partial charge in [-0.1, -0.05) is 6.07 Å². The van der Waals surface area contributed by atoms with Crippen LogP contribution in [0.5, 0.6) is 0 Å². The van der Waals surface area contributed by atoms with Gasteiger partial charge < -0.3 is 19.9 Å². The number of aromatic nitrogens is 2. The predicted octanol–water partition coefficient (Wildman–Crippen LogP) is 0.935. The monoisotopic (exact) mass is 445 g/mol. The first kappa shape index (κ1) is 21.5. The van der Waals surface area contributed by atoms with Crippen LogP contribution in [0.4, 0.5) is 0 Å². The second kappa shape index (κ2) is 9.61. The molecule has 2 aliphatic rings. The van der Waals surface area contributed by atoms with Gasteiger partial charge in [0, 0.05) is 68.6 Å². The Morgan fingerprint density at radius 3 is 2.71 bits per heavy atom. The van der Waals surface area contributed by atoms with E-state index in [0.717, 1.165) is 16.1 Å². The van der Waals surface area contributed by atoms with E-state index in [4.69, 9.17) is 4.74 Å². The zero-order valence-corrected chi connectivity index (χ0v) is 18.4. The molecule has 31 heavy (non-hydrogen) atoms. The van der Waals surface area contributed by atoms with Crippen LogP contribution in [0, 0.1) is 0 Å². The van der Waals surface area contributed by atoms with Crippen molar-refractivity contribution in [2.75, 3.05) is 32.8 Å². The SMILES string of the molecule is Cn1nc(C(=O)N2CCOCC2)c2c1CCN(C(=O)CCC(=O)NCc1cccs1)C2. The average Bonchev–Trinajstić information content (AvgIpc) is 3.44. The second-order valence-electron chi connectivity index (χ2n) is 7.72. The molecule has 4 heterocycles. The fourth-order valence-corrected chi connectivity index (χ4v) is 4.60. The van der Waals surface area contributed by atoms with Crippen LogP contribution in [-0.4, -0.2) is 70.1 Å². The first-order chi connectivity index (χ1) is 15.0. The molecule has 0 radical (unpaired) electrons. The van der Waals surface area contributed by atoms with Crippen molar-refractivity contribution in [2.45, 2.75) is 32.4 Å². The summed E-state index contributed by atoms with van der Waals surface area (Å²) < 4.78 is 7.08. The van der Waals surface area contributed by atoms with Crippen LogP contribution in [0.3, 0.4) is 0 Å². The van der Waals surface area contributed by atoms with Gasteiger partial charge in [-0.2, -0.15) is 5.10 Å². The molecule has 1 saturated heterocycles. The van der Waals surface area contributed by atoms with Crippen molar-refractivity contribution >= 4 is 29.1 Å². The lowest BCUT2D eigenvalue weighted by Gasteiger charge is -2.29. The summed E-state index contributed by atoms with van der Waals surface area (Å²) in [6.45, 7) is 3.55. The Kier molecular flexibility index (Phi) is 6.67. The number of nitrogens with one attached hydrogen (secondary N) is 1. The first-order valence-corrected chi connectivity index (χ1v) is 11.4. The molecule has 1 N–H and O–H groups in total. The molecular weight excluding hydrogens is 418 g/mol. The number of carbonyl (C=O) groups is 3. The molecule has 0 spiro atoms. The quantitative estimate of drug-likeness (QED) is 0.714. The number of aryl methyl sites for hydroxylation is 1. The van der Waals surface area contributed by atoms with E-state index in [0.29, 0.717) is 58.1 Å². The molecule has 2 aromatic rings. The molecule has 4 rings (SSSR count). The zero-order valence-electron chi connectivity index (χ0n) is 17.6. The summed E-state index contributed by atoms with van der Waals surface area (Å²) in [6.07, 6.45) is 0.949. The van der Waals surface area contributed by atoms with Gasteiger partial charge in [-0.25, -0.2) is 0 Å². The van der Waals surface area contributed by atoms with E-state index in [2.05, 4.69) is 10.4 Å². The molecule has 2 aliphatic heterocycles. The van der Waals surface area contributed by atoms with Crippen molar-refractivity contribution in [1.29, 1.82) is 0 Å². The molecule has 166 valence electrons. The standard InChI is InChI=1S/C21H27N5O4S/c1-24-17-6-7-26(19(28)5-4-18(27)22-13-15-3-2-12-31-15)14-16(17)20(23-24)21(29)25-8-10-30-11-9-25/h2-3,12H,4-11,13-14H2,1H3,(H,22,27). The molecule has 0 bridgehead atoms. The van der Waals surface area contributed by atoms with Gasteiger partial charge in [-0.05, 0) is 11.4 Å². The topological polar surface area (TPSA) is 96.8 Å². The Morgan fingerprint density at radius 2 is 1.97 bits per heavy atom. The van der Waals surface area contributed by atoms with Crippen LogP contribution < -0.4 is 5.32 Å². The molecule has 0 atom stereocenters. The van der Waals surface area contributed by atoms with E-state index in [9.17, 15) is 14.4 Å². The summed E-state index contributed by atoms with van der Waals surface area (Å²) >= 11 is 1.59. The number of fused-ring (bicyclic) bond motifs is 1. The number of rotatable bonds is 6. The maximum Gasteiger partial charge on any atom is 0.274 e. The van der Waals surface area contributed by atoms with Crippen LogP contribution >= 0.6 is 11.3 Å². The normalized spacial score (nSPS) is 16.2. The number of nitrogens with zero attached hydrogens (tertiary/aromatic N) is 4. The third-order valence-corrected chi connectivity index (χ3v) is 6.58. The smallest absolute Gasteiger partial charge is 0.274 e. The molecule has 10 heteroatoms. The molecule has 0 unspecified atom stereocenters. The maximum atomic E-state index is 13.0. The molecule has 9 nitrogen and oxygen atoms in total. The van der Waals surface area contributed by atoms with E-state index in [1.807, 2.05) is 24.6 Å². The van der Waals surface area contributed by atoms with E-state index in [-0.39, 0.29) is 30.6 Å². The fraction of sp³-hybridized carbons (Fsp3) is 0.524. The van der Waals surface area contributed by atoms with Gasteiger partial charge in [0.25, 0.3) is 5.91 Å². The number of carbonyl (C=O) groups excluding carboxylic acids is 3. The van der Waals surface area contributed by atoms with Crippen molar-refractivity contribution in [3.8, 4) is 0 Å². The van der Waals surface area contributed by atoms with Crippen molar-refractivity contribution in [1.82, 2.24) is 24.9 Å². The minimum absolute atomic E-state index is 0.0782. The molecular formula is C21H27N5O4S. The predicted molar refractivity (Wildman–Crippen MR) is 114 cm³/mol. The summed E-state index contributed by atoms with van der Waals surface area (Å²) in [4.78, 5) is 42.4. The largest absolute Gasteiger partial charge is 0.378 e. The average molecular weight is 446 g/mol. The highest BCUT2D eigenvalue weighted by Crippen LogP contribution is 2.24. The minimum atomic E-state index is -0.135. The lowest BCUT2D eigenvalue weighted by molar-refractivity contribution is -0.134. The van der Waals surface area contributed by atoms with Crippen LogP contribution in [-0.2, 0) is 40.9 Å². The van der Waals surface area contributed by atoms with E-state index >= 15 is 0 Å². The molecule has 0 aromatic carbocycles. The van der Waals surface area contributed by atoms with Crippen LogP contribution in [0.15, 0.2) is 17.5 Å². The van der Waals surface area contributed by atoms with Gasteiger partial charge in [0.1, 0.15) is 0 Å². The minimum Gasteiger partial charge on any atom is -0.378 e. The Balaban J connectivity index is 1.34. The third-order valence-electron chi connectivity index (χ3n) is 5.70. The van der Waals surface area contributed by atoms with Gasteiger partial charge in [0.15, 0.2) is 5.69 Å². The van der Waals surface area contributed by atoms with Gasteiger partial charge >= 0.3 is 0 Å². The van der Waals surface area contributed by atoms with Crippen LogP contribution in [0.1, 0.15) is 39.5 Å². The first-order valence-electron chi connectivity index (χ1n) is 10.5. The van der Waals surface area contributed by atoms with Crippen LogP contribution in [0.2, 0.25) is 0 Å². The van der Waals surface area contributed by atoms with Crippen molar-refractivity contribution in [3.05, 3.63) is 39.3 Å². The lowest BCUT2D eigenvalue weighted by Crippen LogP contribution is -2.42. The molecule has 2 aromatic heterocycles. The number of ether oxygens (including phenoxy) is 1. The lowest BCUT2D eigenvalue weighted by atomic mass is 10.0. The summed E-state index contributed by atoms with van der Waals surface area (Å²) in [6, 6.07) is 3.90. The van der Waals surface area contributed by atoms with Gasteiger partial charge in [0.2, 0.25) is 11.8 Å². The summed E-state index contributed by atoms with van der Waals surface area (Å²) in [5, 5.41) is 9.28. The maximum absolute atomic E-state index is 13.0. The van der Waals surface area contributed by atoms with E-state index in [1.54, 1.807) is 25.8 Å². The molecule has 0 aliphatic carbocycles. The van der Waals surface area contributed by atoms with E-state index < -0.39 is 0 Å². The van der Waals surface area contributed by atoms with Gasteiger partial charge in [-0.3, -0.25) is 19.1 Å². The molecule has 0 saturated carbocycles. The zero-order chi connectivity index (χ0) is 21.8. The van der Waals surface area contributed by atoms with E-state index in [1.165, 1.54) is 0 Å². The van der Waals surface area contributed by atoms with Crippen molar-refractivity contribution in [3.63, 3.8) is 0 Å². The Hall–Kier alpha value is -2.72. The number of hydrogen-bond acceptors (Lipinski definition) is 6. The Bertz CT molecular complexity index is 949. The van der Waals surface area contributed by atoms with Gasteiger partial charge in [-0.15, -0.1) is 11.3 Å². The summed E-state index contributed by atoms with van der Waals surface area (Å²) in [5.41, 5.74) is 2.24. The summed E-state index contributed by atoms with van der Waals surface area (Å²) in [7, 11) is 1.84. The number of hydrogen-bond donors (Lipinski definition) is 1. The highest BCUT2D eigenvalue weighted by atomic mass is 32.1. The number of morpholine rings is 1. The van der Waals surface area contributed by atoms with Gasteiger partial charge in [0.05, 0.1) is 19.8 Å². The van der Waals surface area contributed by atoms with Crippen molar-refractivity contribution < 1.29 is 19.1 Å². The molecule has 1 fully saturated rings.